The van der Waals surface area contributed by atoms with Crippen LogP contribution in [0.2, 0.25) is 0 Å². The summed E-state index contributed by atoms with van der Waals surface area (Å²) in [6, 6.07) is 13.7. The predicted octanol–water partition coefficient (Wildman–Crippen LogP) is 3.23. The Balaban J connectivity index is 1.34. The molecule has 10 heteroatoms. The number of para-hydroxylation sites is 1. The first-order valence-corrected chi connectivity index (χ1v) is 10.8. The van der Waals surface area contributed by atoms with Crippen molar-refractivity contribution in [2.45, 2.75) is 19.4 Å². The van der Waals surface area contributed by atoms with Gasteiger partial charge in [-0.3, -0.25) is 14.4 Å². The van der Waals surface area contributed by atoms with Gasteiger partial charge in [0.05, 0.1) is 11.6 Å². The second-order valence-corrected chi connectivity index (χ2v) is 8.32. The molecule has 0 spiro atoms. The molecule has 1 aliphatic rings. The highest BCUT2D eigenvalue weighted by atomic mass is 79.9. The van der Waals surface area contributed by atoms with E-state index in [1.165, 1.54) is 17.3 Å². The van der Waals surface area contributed by atoms with E-state index in [9.17, 15) is 14.4 Å². The van der Waals surface area contributed by atoms with Gasteiger partial charge in [0.15, 0.2) is 0 Å². The van der Waals surface area contributed by atoms with Crippen LogP contribution >= 0.6 is 15.9 Å². The predicted molar refractivity (Wildman–Crippen MR) is 123 cm³/mol. The van der Waals surface area contributed by atoms with Gasteiger partial charge in [0.25, 0.3) is 0 Å². The zero-order valence-electron chi connectivity index (χ0n) is 17.2. The number of halogens is 1. The monoisotopic (exact) mass is 496 g/mol. The van der Waals surface area contributed by atoms with Crippen LogP contribution in [0.25, 0.3) is 0 Å². The van der Waals surface area contributed by atoms with Crippen LogP contribution in [0.4, 0.5) is 17.1 Å². The smallest absolute Gasteiger partial charge is 0.249 e. The molecular weight excluding hydrogens is 476 g/mol. The van der Waals surface area contributed by atoms with Crippen molar-refractivity contribution in [3.63, 3.8) is 0 Å². The molecule has 1 aliphatic heterocycles. The molecule has 1 aromatic heterocycles. The molecular formula is C22H21BrN6O3. The van der Waals surface area contributed by atoms with Crippen molar-refractivity contribution in [3.8, 4) is 0 Å². The molecule has 4 rings (SSSR count). The molecule has 1 saturated heterocycles. The lowest BCUT2D eigenvalue weighted by Crippen LogP contribution is -2.28. The first-order chi connectivity index (χ1) is 15.4. The molecule has 3 aromatic rings. The molecule has 3 amide bonds. The fraction of sp³-hybridized carbons (Fsp3) is 0.227. The van der Waals surface area contributed by atoms with Crippen molar-refractivity contribution >= 4 is 50.7 Å². The number of rotatable bonds is 6. The largest absolute Gasteiger partial charge is 0.326 e. The second kappa shape index (κ2) is 9.31. The van der Waals surface area contributed by atoms with Gasteiger partial charge in [0, 0.05) is 28.8 Å². The lowest BCUT2D eigenvalue weighted by Gasteiger charge is -2.18. The molecule has 0 saturated carbocycles. The fourth-order valence-corrected chi connectivity index (χ4v) is 3.95. The van der Waals surface area contributed by atoms with E-state index in [4.69, 9.17) is 0 Å². The Morgan fingerprint density at radius 2 is 1.78 bits per heavy atom. The molecule has 2 heterocycles. The molecule has 2 aromatic carbocycles. The Morgan fingerprint density at radius 1 is 1.09 bits per heavy atom. The summed E-state index contributed by atoms with van der Waals surface area (Å²) in [6.07, 6.45) is 3.01. The van der Waals surface area contributed by atoms with Crippen LogP contribution in [0.1, 0.15) is 19.4 Å². The lowest BCUT2D eigenvalue weighted by atomic mass is 10.1. The van der Waals surface area contributed by atoms with E-state index < -0.39 is 12.0 Å². The summed E-state index contributed by atoms with van der Waals surface area (Å²) in [6.45, 7) is 2.04. The number of nitrogens with zero attached hydrogens (tertiary/aromatic N) is 4. The third-order valence-electron chi connectivity index (χ3n) is 5.27. The normalized spacial score (nSPS) is 16.6. The summed E-state index contributed by atoms with van der Waals surface area (Å²) in [5, 5.41) is 9.62. The molecule has 2 atom stereocenters. The van der Waals surface area contributed by atoms with Crippen molar-refractivity contribution in [2.24, 2.45) is 5.92 Å². The zero-order chi connectivity index (χ0) is 22.7. The highest BCUT2D eigenvalue weighted by molar-refractivity contribution is 9.10. The number of aromatic nitrogens is 3. The SMILES string of the molecule is CC(C(=O)Nc1ccc(NC(=O)C2CC(=O)N(c3ccccc3Br)C2)cc1)n1cncn1. The summed E-state index contributed by atoms with van der Waals surface area (Å²) in [5.41, 5.74) is 1.94. The van der Waals surface area contributed by atoms with Gasteiger partial charge < -0.3 is 15.5 Å². The van der Waals surface area contributed by atoms with Gasteiger partial charge in [0.1, 0.15) is 18.7 Å². The Bertz CT molecular complexity index is 1130. The molecule has 2 unspecified atom stereocenters. The van der Waals surface area contributed by atoms with E-state index in [2.05, 4.69) is 36.6 Å². The van der Waals surface area contributed by atoms with Gasteiger partial charge in [-0.2, -0.15) is 5.10 Å². The number of hydrogen-bond acceptors (Lipinski definition) is 5. The third kappa shape index (κ3) is 4.70. The molecule has 0 aliphatic carbocycles. The molecule has 1 fully saturated rings. The highest BCUT2D eigenvalue weighted by Gasteiger charge is 2.35. The second-order valence-electron chi connectivity index (χ2n) is 7.46. The first-order valence-electron chi connectivity index (χ1n) is 10.0. The minimum atomic E-state index is -0.510. The summed E-state index contributed by atoms with van der Waals surface area (Å²) < 4.78 is 2.27. The number of carbonyl (C=O) groups is 3. The van der Waals surface area contributed by atoms with E-state index in [-0.39, 0.29) is 24.1 Å². The van der Waals surface area contributed by atoms with Gasteiger partial charge in [-0.25, -0.2) is 9.67 Å². The number of carbonyl (C=O) groups excluding carboxylic acids is 3. The lowest BCUT2D eigenvalue weighted by molar-refractivity contribution is -0.122. The zero-order valence-corrected chi connectivity index (χ0v) is 18.8. The molecule has 0 bridgehead atoms. The maximum absolute atomic E-state index is 12.7. The van der Waals surface area contributed by atoms with Crippen molar-refractivity contribution in [1.29, 1.82) is 0 Å². The molecule has 32 heavy (non-hydrogen) atoms. The van der Waals surface area contributed by atoms with Gasteiger partial charge in [-0.15, -0.1) is 0 Å². The molecule has 164 valence electrons. The van der Waals surface area contributed by atoms with Gasteiger partial charge in [-0.05, 0) is 59.3 Å². The van der Waals surface area contributed by atoms with Crippen LogP contribution in [-0.4, -0.2) is 39.0 Å². The number of anilines is 3. The van der Waals surface area contributed by atoms with E-state index >= 15 is 0 Å². The van der Waals surface area contributed by atoms with E-state index in [0.717, 1.165) is 10.2 Å². The Labute approximate surface area is 192 Å². The van der Waals surface area contributed by atoms with Crippen LogP contribution in [0.3, 0.4) is 0 Å². The van der Waals surface area contributed by atoms with Crippen LogP contribution in [0.15, 0.2) is 65.7 Å². The third-order valence-corrected chi connectivity index (χ3v) is 5.94. The first kappa shape index (κ1) is 21.7. The Hall–Kier alpha value is -3.53. The number of nitrogens with one attached hydrogen (secondary N) is 2. The minimum absolute atomic E-state index is 0.0865. The van der Waals surface area contributed by atoms with Crippen molar-refractivity contribution in [2.75, 3.05) is 22.1 Å². The van der Waals surface area contributed by atoms with Crippen molar-refractivity contribution < 1.29 is 14.4 Å². The fourth-order valence-electron chi connectivity index (χ4n) is 3.45. The average molecular weight is 497 g/mol. The van der Waals surface area contributed by atoms with Gasteiger partial charge in [0.2, 0.25) is 17.7 Å². The van der Waals surface area contributed by atoms with E-state index in [1.807, 2.05) is 24.3 Å². The topological polar surface area (TPSA) is 109 Å². The van der Waals surface area contributed by atoms with E-state index in [1.54, 1.807) is 36.1 Å². The average Bonchev–Trinajstić information content (AvgIpc) is 3.45. The number of amides is 3. The van der Waals surface area contributed by atoms with Crippen LogP contribution in [0.5, 0.6) is 0 Å². The minimum Gasteiger partial charge on any atom is -0.326 e. The van der Waals surface area contributed by atoms with Crippen molar-refractivity contribution in [3.05, 3.63) is 65.7 Å². The Kier molecular flexibility index (Phi) is 6.31. The standard InChI is InChI=1S/C22H21BrN6O3/c1-14(29-13-24-12-25-29)21(31)26-16-6-8-17(9-7-16)27-22(32)15-10-20(30)28(11-15)19-5-3-2-4-18(19)23/h2-9,12-15H,10-11H2,1H3,(H,26,31)(H,27,32). The number of benzene rings is 2. The highest BCUT2D eigenvalue weighted by Crippen LogP contribution is 2.31. The van der Waals surface area contributed by atoms with E-state index in [0.29, 0.717) is 17.9 Å². The summed E-state index contributed by atoms with van der Waals surface area (Å²) >= 11 is 3.46. The maximum atomic E-state index is 12.7. The summed E-state index contributed by atoms with van der Waals surface area (Å²) in [5.74, 6) is -0.984. The van der Waals surface area contributed by atoms with Crippen molar-refractivity contribution in [1.82, 2.24) is 14.8 Å². The van der Waals surface area contributed by atoms with Crippen LogP contribution < -0.4 is 15.5 Å². The summed E-state index contributed by atoms with van der Waals surface area (Å²) in [7, 11) is 0. The quantitative estimate of drug-likeness (QED) is 0.544. The van der Waals surface area contributed by atoms with Gasteiger partial charge in [-0.1, -0.05) is 12.1 Å². The van der Waals surface area contributed by atoms with Gasteiger partial charge >= 0.3 is 0 Å². The molecule has 2 N–H and O–H groups in total. The molecule has 9 nitrogen and oxygen atoms in total. The molecule has 0 radical (unpaired) electrons. The van der Waals surface area contributed by atoms with Crippen LogP contribution in [0, 0.1) is 5.92 Å². The van der Waals surface area contributed by atoms with Crippen LogP contribution in [-0.2, 0) is 14.4 Å². The maximum Gasteiger partial charge on any atom is 0.249 e. The Morgan fingerprint density at radius 3 is 2.44 bits per heavy atom. The summed E-state index contributed by atoms with van der Waals surface area (Å²) in [4.78, 5) is 43.0. The number of hydrogen-bond donors (Lipinski definition) is 2.